The van der Waals surface area contributed by atoms with Gasteiger partial charge in [-0.05, 0) is 42.5 Å². The van der Waals surface area contributed by atoms with Crippen LogP contribution in [0.25, 0.3) is 5.82 Å². The topological polar surface area (TPSA) is 99.0 Å². The van der Waals surface area contributed by atoms with E-state index in [4.69, 9.17) is 4.74 Å². The van der Waals surface area contributed by atoms with Crippen molar-refractivity contribution < 1.29 is 21.9 Å². The molecule has 0 radical (unpaired) electrons. The van der Waals surface area contributed by atoms with Gasteiger partial charge >= 0.3 is 0 Å². The first-order chi connectivity index (χ1) is 14.4. The number of aromatic nitrogens is 4. The Labute approximate surface area is 169 Å². The Morgan fingerprint density at radius 2 is 1.77 bits per heavy atom. The van der Waals surface area contributed by atoms with Crippen LogP contribution in [0.2, 0.25) is 0 Å². The third-order valence-corrected chi connectivity index (χ3v) is 5.32. The van der Waals surface area contributed by atoms with Crippen molar-refractivity contribution in [3.8, 4) is 17.4 Å². The summed E-state index contributed by atoms with van der Waals surface area (Å²) in [7, 11) is -4.22. The highest BCUT2D eigenvalue weighted by Crippen LogP contribution is 2.24. The highest BCUT2D eigenvalue weighted by Gasteiger charge is 2.19. The van der Waals surface area contributed by atoms with E-state index in [0.717, 1.165) is 12.1 Å². The van der Waals surface area contributed by atoms with E-state index in [1.54, 1.807) is 35.4 Å². The number of nitrogens with one attached hydrogen (secondary N) is 1. The monoisotopic (exact) mass is 429 g/mol. The van der Waals surface area contributed by atoms with Crippen molar-refractivity contribution in [2.75, 3.05) is 4.72 Å². The molecule has 0 bridgehead atoms. The fraction of sp³-hybridized carbons (Fsp3) is 0. The number of sulfonamides is 1. The van der Waals surface area contributed by atoms with Crippen LogP contribution in [0.5, 0.6) is 11.6 Å². The molecule has 2 aromatic carbocycles. The van der Waals surface area contributed by atoms with E-state index in [1.165, 1.54) is 24.3 Å². The van der Waals surface area contributed by atoms with Crippen molar-refractivity contribution in [1.29, 1.82) is 0 Å². The summed E-state index contributed by atoms with van der Waals surface area (Å²) in [6.07, 6.45) is 4.93. The zero-order valence-electron chi connectivity index (χ0n) is 15.1. The van der Waals surface area contributed by atoms with Crippen molar-refractivity contribution in [3.63, 3.8) is 0 Å². The molecule has 11 heteroatoms. The number of rotatable bonds is 6. The maximum Gasteiger partial charge on any atom is 0.264 e. The summed E-state index contributed by atoms with van der Waals surface area (Å²) < 4.78 is 60.9. The van der Waals surface area contributed by atoms with Crippen LogP contribution in [-0.4, -0.2) is 28.2 Å². The fourth-order valence-electron chi connectivity index (χ4n) is 2.51. The van der Waals surface area contributed by atoms with Crippen molar-refractivity contribution >= 4 is 15.7 Å². The van der Waals surface area contributed by atoms with Gasteiger partial charge in [0.1, 0.15) is 28.6 Å². The van der Waals surface area contributed by atoms with Gasteiger partial charge in [0.15, 0.2) is 5.82 Å². The lowest BCUT2D eigenvalue weighted by Crippen LogP contribution is -2.14. The third kappa shape index (κ3) is 4.25. The average Bonchev–Trinajstić information content (AvgIpc) is 3.24. The van der Waals surface area contributed by atoms with E-state index < -0.39 is 26.6 Å². The zero-order chi connectivity index (χ0) is 21.1. The number of imidazole rings is 1. The number of halogens is 2. The van der Waals surface area contributed by atoms with Gasteiger partial charge in [-0.1, -0.05) is 0 Å². The van der Waals surface area contributed by atoms with Crippen LogP contribution in [0.1, 0.15) is 0 Å². The molecule has 0 saturated heterocycles. The molecule has 0 atom stereocenters. The van der Waals surface area contributed by atoms with Crippen molar-refractivity contribution in [2.45, 2.75) is 4.90 Å². The Morgan fingerprint density at radius 1 is 0.967 bits per heavy atom. The van der Waals surface area contributed by atoms with Crippen LogP contribution in [0.3, 0.4) is 0 Å². The smallest absolute Gasteiger partial charge is 0.264 e. The van der Waals surface area contributed by atoms with E-state index in [9.17, 15) is 17.2 Å². The summed E-state index contributed by atoms with van der Waals surface area (Å²) in [5.74, 6) is -0.858. The largest absolute Gasteiger partial charge is 0.438 e. The second-order valence-electron chi connectivity index (χ2n) is 6.01. The van der Waals surface area contributed by atoms with E-state index >= 15 is 0 Å². The predicted molar refractivity (Wildman–Crippen MR) is 103 cm³/mol. The summed E-state index contributed by atoms with van der Waals surface area (Å²) in [4.78, 5) is 3.27. The highest BCUT2D eigenvalue weighted by molar-refractivity contribution is 7.92. The molecule has 4 rings (SSSR count). The number of benzene rings is 2. The highest BCUT2D eigenvalue weighted by atomic mass is 32.2. The van der Waals surface area contributed by atoms with E-state index in [2.05, 4.69) is 19.9 Å². The average molecular weight is 429 g/mol. The van der Waals surface area contributed by atoms with Crippen LogP contribution >= 0.6 is 0 Å². The molecule has 2 heterocycles. The molecule has 152 valence electrons. The first-order valence-electron chi connectivity index (χ1n) is 8.48. The van der Waals surface area contributed by atoms with E-state index in [0.29, 0.717) is 17.6 Å². The lowest BCUT2D eigenvalue weighted by molar-refractivity contribution is 0.454. The van der Waals surface area contributed by atoms with Crippen LogP contribution in [0.4, 0.5) is 14.5 Å². The Hall–Kier alpha value is -3.86. The van der Waals surface area contributed by atoms with Crippen LogP contribution < -0.4 is 9.46 Å². The summed E-state index contributed by atoms with van der Waals surface area (Å²) in [5, 5.41) is 7.99. The molecule has 0 aliphatic heterocycles. The number of anilines is 1. The van der Waals surface area contributed by atoms with Crippen LogP contribution in [0, 0.1) is 11.6 Å². The Morgan fingerprint density at radius 3 is 2.40 bits per heavy atom. The van der Waals surface area contributed by atoms with Crippen molar-refractivity contribution in [2.24, 2.45) is 0 Å². The van der Waals surface area contributed by atoms with Crippen molar-refractivity contribution in [3.05, 3.63) is 85.0 Å². The SMILES string of the molecule is O=S(=O)(Nc1ccc(Oc2ccc(-n3ccnc3)nn2)cc1)c1ccc(F)cc1F. The summed E-state index contributed by atoms with van der Waals surface area (Å²) >= 11 is 0. The maximum absolute atomic E-state index is 13.8. The normalized spacial score (nSPS) is 11.3. The predicted octanol–water partition coefficient (Wildman–Crippen LogP) is 3.53. The third-order valence-electron chi connectivity index (χ3n) is 3.91. The van der Waals surface area contributed by atoms with E-state index in [-0.39, 0.29) is 11.6 Å². The Kier molecular flexibility index (Phi) is 5.11. The number of hydrogen-bond acceptors (Lipinski definition) is 6. The first kappa shape index (κ1) is 19.5. The maximum atomic E-state index is 13.8. The van der Waals surface area contributed by atoms with Gasteiger partial charge in [-0.25, -0.2) is 22.2 Å². The standard InChI is InChI=1S/C19H13F2N5O3S/c20-13-1-6-17(16(21)11-13)30(27,28)25-14-2-4-15(5-3-14)29-19-8-7-18(23-24-19)26-10-9-22-12-26/h1-12,25H. The molecule has 0 spiro atoms. The van der Waals surface area contributed by atoms with Gasteiger partial charge in [0.25, 0.3) is 10.0 Å². The van der Waals surface area contributed by atoms with Gasteiger partial charge < -0.3 is 4.74 Å². The minimum absolute atomic E-state index is 0.174. The molecule has 0 aliphatic rings. The molecule has 1 N–H and O–H groups in total. The first-order valence-corrected chi connectivity index (χ1v) is 9.97. The minimum Gasteiger partial charge on any atom is -0.438 e. The quantitative estimate of drug-likeness (QED) is 0.503. The Bertz CT molecular complexity index is 1260. The van der Waals surface area contributed by atoms with Crippen molar-refractivity contribution in [1.82, 2.24) is 19.7 Å². The van der Waals surface area contributed by atoms with Gasteiger partial charge in [0.05, 0.1) is 0 Å². The van der Waals surface area contributed by atoms with Gasteiger partial charge in [0.2, 0.25) is 5.88 Å². The van der Waals surface area contributed by atoms with Crippen LogP contribution in [-0.2, 0) is 10.0 Å². The van der Waals surface area contributed by atoms with E-state index in [1.807, 2.05) is 0 Å². The van der Waals surface area contributed by atoms with Gasteiger partial charge in [-0.3, -0.25) is 9.29 Å². The molecule has 2 aromatic heterocycles. The number of hydrogen-bond donors (Lipinski definition) is 1. The van der Waals surface area contributed by atoms with Gasteiger partial charge in [-0.15, -0.1) is 10.2 Å². The molecule has 0 unspecified atom stereocenters. The molecule has 0 aliphatic carbocycles. The second kappa shape index (κ2) is 7.87. The second-order valence-corrected chi connectivity index (χ2v) is 7.66. The van der Waals surface area contributed by atoms with Crippen LogP contribution in [0.15, 0.2) is 78.2 Å². The molecular formula is C19H13F2N5O3S. The molecule has 8 nitrogen and oxygen atoms in total. The fourth-order valence-corrected chi connectivity index (χ4v) is 3.63. The minimum atomic E-state index is -4.22. The molecule has 0 fully saturated rings. The molecule has 0 saturated carbocycles. The molecule has 4 aromatic rings. The molecular weight excluding hydrogens is 416 g/mol. The lowest BCUT2D eigenvalue weighted by atomic mass is 10.3. The zero-order valence-corrected chi connectivity index (χ0v) is 15.9. The number of ether oxygens (including phenoxy) is 1. The number of nitrogens with zero attached hydrogens (tertiary/aromatic N) is 4. The summed E-state index contributed by atoms with van der Waals surface area (Å²) in [6, 6.07) is 11.4. The van der Waals surface area contributed by atoms with Gasteiger partial charge in [0, 0.05) is 30.2 Å². The molecule has 0 amide bonds. The van der Waals surface area contributed by atoms with Gasteiger partial charge in [-0.2, -0.15) is 0 Å². The molecule has 30 heavy (non-hydrogen) atoms. The Balaban J connectivity index is 1.45. The summed E-state index contributed by atoms with van der Waals surface area (Å²) in [5.41, 5.74) is 0.174. The summed E-state index contributed by atoms with van der Waals surface area (Å²) in [6.45, 7) is 0. The lowest BCUT2D eigenvalue weighted by Gasteiger charge is -2.10.